The molecule has 5 rings (SSSR count). The molecule has 1 aliphatic carbocycles. The van der Waals surface area contributed by atoms with E-state index in [0.717, 1.165) is 37.0 Å². The molecule has 0 unspecified atom stereocenters. The van der Waals surface area contributed by atoms with E-state index in [2.05, 4.69) is 38.8 Å². The Morgan fingerprint density at radius 1 is 1.21 bits per heavy atom. The van der Waals surface area contributed by atoms with Crippen LogP contribution in [0.15, 0.2) is 48.8 Å². The summed E-state index contributed by atoms with van der Waals surface area (Å²) in [6.45, 7) is 1.93. The van der Waals surface area contributed by atoms with Crippen molar-refractivity contribution in [1.82, 2.24) is 20.6 Å². The predicted molar refractivity (Wildman–Crippen MR) is 107 cm³/mol. The molecule has 3 N–H and O–H groups in total. The van der Waals surface area contributed by atoms with Crippen LogP contribution in [0.4, 0.5) is 0 Å². The zero-order chi connectivity index (χ0) is 19.1. The quantitative estimate of drug-likeness (QED) is 0.657. The third kappa shape index (κ3) is 2.56. The Morgan fingerprint density at radius 3 is 2.86 bits per heavy atom. The van der Waals surface area contributed by atoms with Gasteiger partial charge in [-0.2, -0.15) is 0 Å². The highest BCUT2D eigenvalue weighted by Gasteiger charge is 2.53. The highest BCUT2D eigenvalue weighted by molar-refractivity contribution is 5.97. The average Bonchev–Trinajstić information content (AvgIpc) is 3.30. The van der Waals surface area contributed by atoms with Gasteiger partial charge in [0.2, 0.25) is 0 Å². The standard InChI is InChI=1S/C22H24N4O2/c1-28-20-19(26-21(27)14-6-7-17-18(12-14)25-13-24-17)15-4-2-3-5-16(15)22(20)8-10-23-11-9-22/h2-7,12-13,19-20,23H,8-11H2,1H3,(H,24,25)(H,26,27)/t19-,20+/m0/s1. The van der Waals surface area contributed by atoms with E-state index in [9.17, 15) is 4.79 Å². The lowest BCUT2D eigenvalue weighted by atomic mass is 9.72. The number of nitrogens with zero attached hydrogens (tertiary/aromatic N) is 1. The highest BCUT2D eigenvalue weighted by atomic mass is 16.5. The van der Waals surface area contributed by atoms with Crippen LogP contribution in [-0.4, -0.2) is 42.2 Å². The number of carbonyl (C=O) groups excluding carboxylic acids is 1. The molecule has 1 saturated heterocycles. The molecule has 0 saturated carbocycles. The van der Waals surface area contributed by atoms with E-state index in [0.29, 0.717) is 5.56 Å². The van der Waals surface area contributed by atoms with Gasteiger partial charge >= 0.3 is 0 Å². The van der Waals surface area contributed by atoms with Crippen LogP contribution in [0, 0.1) is 0 Å². The molecule has 1 fully saturated rings. The van der Waals surface area contributed by atoms with Gasteiger partial charge in [0.1, 0.15) is 0 Å². The second-order valence-electron chi connectivity index (χ2n) is 7.74. The summed E-state index contributed by atoms with van der Waals surface area (Å²) < 4.78 is 6.04. The van der Waals surface area contributed by atoms with Crippen LogP contribution in [0.2, 0.25) is 0 Å². The molecular weight excluding hydrogens is 352 g/mol. The summed E-state index contributed by atoms with van der Waals surface area (Å²) >= 11 is 0. The Bertz CT molecular complexity index is 1020. The molecule has 1 aromatic heterocycles. The molecule has 2 heterocycles. The third-order valence-corrected chi connectivity index (χ3v) is 6.40. The summed E-state index contributed by atoms with van der Waals surface area (Å²) in [5, 5.41) is 6.72. The lowest BCUT2D eigenvalue weighted by Crippen LogP contribution is -2.49. The SMILES string of the molecule is CO[C@@H]1[C@@H](NC(=O)c2ccc3nc[nH]c3c2)c2ccccc2C12CCNCC2. The average molecular weight is 376 g/mol. The number of nitrogens with one attached hydrogen (secondary N) is 3. The number of methoxy groups -OCH3 is 1. The maximum atomic E-state index is 13.1. The van der Waals surface area contributed by atoms with Gasteiger partial charge in [0.05, 0.1) is 29.5 Å². The second-order valence-corrected chi connectivity index (χ2v) is 7.74. The molecular formula is C22H24N4O2. The number of piperidine rings is 1. The molecule has 2 atom stereocenters. The lowest BCUT2D eigenvalue weighted by molar-refractivity contribution is 0.00397. The minimum atomic E-state index is -0.163. The first-order valence-corrected chi connectivity index (χ1v) is 9.80. The van der Waals surface area contributed by atoms with Crippen molar-refractivity contribution < 1.29 is 9.53 Å². The number of imidazole rings is 1. The molecule has 144 valence electrons. The zero-order valence-corrected chi connectivity index (χ0v) is 15.9. The molecule has 6 nitrogen and oxygen atoms in total. The van der Waals surface area contributed by atoms with Crippen molar-refractivity contribution in [3.8, 4) is 0 Å². The second kappa shape index (κ2) is 6.72. The minimum Gasteiger partial charge on any atom is -0.378 e. The first-order chi connectivity index (χ1) is 13.7. The number of aromatic nitrogens is 2. The van der Waals surface area contributed by atoms with Crippen LogP contribution in [0.25, 0.3) is 11.0 Å². The maximum absolute atomic E-state index is 13.1. The number of fused-ring (bicyclic) bond motifs is 3. The number of amides is 1. The van der Waals surface area contributed by atoms with Crippen molar-refractivity contribution in [2.45, 2.75) is 30.4 Å². The number of benzene rings is 2. The highest BCUT2D eigenvalue weighted by Crippen LogP contribution is 2.51. The summed E-state index contributed by atoms with van der Waals surface area (Å²) in [4.78, 5) is 20.4. The van der Waals surface area contributed by atoms with E-state index >= 15 is 0 Å². The van der Waals surface area contributed by atoms with E-state index in [1.54, 1.807) is 13.4 Å². The third-order valence-electron chi connectivity index (χ3n) is 6.40. The molecule has 2 aliphatic rings. The summed E-state index contributed by atoms with van der Waals surface area (Å²) in [6, 6.07) is 13.8. The van der Waals surface area contributed by atoms with Crippen molar-refractivity contribution in [3.05, 3.63) is 65.5 Å². The van der Waals surface area contributed by atoms with Crippen LogP contribution in [0.5, 0.6) is 0 Å². The molecule has 1 aliphatic heterocycles. The van der Waals surface area contributed by atoms with Gasteiger partial charge in [0.25, 0.3) is 5.91 Å². The number of carbonyl (C=O) groups is 1. The smallest absolute Gasteiger partial charge is 0.251 e. The number of H-pyrrole nitrogens is 1. The van der Waals surface area contributed by atoms with Crippen LogP contribution in [-0.2, 0) is 10.2 Å². The minimum absolute atomic E-state index is 0.0537. The van der Waals surface area contributed by atoms with Crippen LogP contribution in [0.1, 0.15) is 40.4 Å². The van der Waals surface area contributed by atoms with Crippen molar-refractivity contribution in [2.75, 3.05) is 20.2 Å². The van der Waals surface area contributed by atoms with Crippen LogP contribution < -0.4 is 10.6 Å². The summed E-state index contributed by atoms with van der Waals surface area (Å²) in [6.07, 6.45) is 3.58. The van der Waals surface area contributed by atoms with Crippen LogP contribution in [0.3, 0.4) is 0 Å². The van der Waals surface area contributed by atoms with Crippen molar-refractivity contribution >= 4 is 16.9 Å². The Balaban J connectivity index is 1.50. The molecule has 1 spiro atoms. The van der Waals surface area contributed by atoms with Gasteiger partial charge in [0, 0.05) is 18.1 Å². The van der Waals surface area contributed by atoms with Gasteiger partial charge in [-0.3, -0.25) is 4.79 Å². The van der Waals surface area contributed by atoms with Gasteiger partial charge in [-0.25, -0.2) is 4.98 Å². The molecule has 1 amide bonds. The van der Waals surface area contributed by atoms with E-state index in [1.807, 2.05) is 24.3 Å². The topological polar surface area (TPSA) is 79.0 Å². The Morgan fingerprint density at radius 2 is 2.04 bits per heavy atom. The lowest BCUT2D eigenvalue weighted by Gasteiger charge is -2.40. The van der Waals surface area contributed by atoms with E-state index in [4.69, 9.17) is 4.74 Å². The number of aromatic amines is 1. The monoisotopic (exact) mass is 376 g/mol. The van der Waals surface area contributed by atoms with Gasteiger partial charge in [-0.1, -0.05) is 24.3 Å². The summed E-state index contributed by atoms with van der Waals surface area (Å²) in [7, 11) is 1.76. The van der Waals surface area contributed by atoms with Crippen molar-refractivity contribution in [1.29, 1.82) is 0 Å². The number of ether oxygens (including phenoxy) is 1. The van der Waals surface area contributed by atoms with E-state index in [-0.39, 0.29) is 23.5 Å². The fourth-order valence-corrected chi connectivity index (χ4v) is 5.10. The van der Waals surface area contributed by atoms with Gasteiger partial charge in [-0.05, 0) is 55.3 Å². The Kier molecular flexibility index (Phi) is 4.18. The maximum Gasteiger partial charge on any atom is 0.251 e. The summed E-state index contributed by atoms with van der Waals surface area (Å²) in [5.41, 5.74) is 4.77. The largest absolute Gasteiger partial charge is 0.378 e. The Hall–Kier alpha value is -2.70. The zero-order valence-electron chi connectivity index (χ0n) is 15.9. The number of rotatable bonds is 3. The molecule has 6 heteroatoms. The molecule has 28 heavy (non-hydrogen) atoms. The van der Waals surface area contributed by atoms with E-state index < -0.39 is 0 Å². The van der Waals surface area contributed by atoms with Gasteiger partial charge in [0.15, 0.2) is 0 Å². The Labute approximate surface area is 163 Å². The molecule has 2 aromatic carbocycles. The molecule has 3 aromatic rings. The first-order valence-electron chi connectivity index (χ1n) is 9.80. The fraction of sp³-hybridized carbons (Fsp3) is 0.364. The first kappa shape index (κ1) is 17.4. The fourth-order valence-electron chi connectivity index (χ4n) is 5.10. The predicted octanol–water partition coefficient (Wildman–Crippen LogP) is 2.68. The normalized spacial score (nSPS) is 23.0. The van der Waals surface area contributed by atoms with E-state index in [1.165, 1.54) is 11.1 Å². The number of hydrogen-bond donors (Lipinski definition) is 3. The number of hydrogen-bond acceptors (Lipinski definition) is 4. The van der Waals surface area contributed by atoms with Gasteiger partial charge in [-0.15, -0.1) is 0 Å². The van der Waals surface area contributed by atoms with Crippen molar-refractivity contribution in [3.63, 3.8) is 0 Å². The van der Waals surface area contributed by atoms with Gasteiger partial charge < -0.3 is 20.4 Å². The molecule has 0 radical (unpaired) electrons. The molecule has 0 bridgehead atoms. The van der Waals surface area contributed by atoms with Crippen molar-refractivity contribution in [2.24, 2.45) is 0 Å². The van der Waals surface area contributed by atoms with Crippen LogP contribution >= 0.6 is 0 Å². The summed E-state index contributed by atoms with van der Waals surface area (Å²) in [5.74, 6) is -0.0932.